The minimum atomic E-state index is -0.544. The fourth-order valence-electron chi connectivity index (χ4n) is 4.84. The van der Waals surface area contributed by atoms with Crippen LogP contribution in [0.2, 0.25) is 0 Å². The van der Waals surface area contributed by atoms with Crippen LogP contribution in [0.25, 0.3) is 11.1 Å². The van der Waals surface area contributed by atoms with Crippen LogP contribution in [0.15, 0.2) is 84.9 Å². The van der Waals surface area contributed by atoms with Crippen molar-refractivity contribution in [1.29, 1.82) is 0 Å². The third-order valence-electron chi connectivity index (χ3n) is 6.21. The summed E-state index contributed by atoms with van der Waals surface area (Å²) >= 11 is 4.17. The first-order valence-corrected chi connectivity index (χ1v) is 12.5. The van der Waals surface area contributed by atoms with Crippen molar-refractivity contribution in [3.8, 4) is 30.8 Å². The van der Waals surface area contributed by atoms with Crippen molar-refractivity contribution >= 4 is 56.6 Å². The van der Waals surface area contributed by atoms with Gasteiger partial charge in [-0.15, -0.1) is 0 Å². The van der Waals surface area contributed by atoms with Gasteiger partial charge in [-0.2, -0.15) is 0 Å². The molecule has 0 saturated carbocycles. The summed E-state index contributed by atoms with van der Waals surface area (Å²) in [5, 5.41) is 0. The van der Waals surface area contributed by atoms with Gasteiger partial charge in [-0.1, -0.05) is 48.2 Å². The van der Waals surface area contributed by atoms with E-state index in [1.54, 1.807) is 0 Å². The van der Waals surface area contributed by atoms with Crippen molar-refractivity contribution in [1.82, 2.24) is 0 Å². The van der Waals surface area contributed by atoms with Crippen LogP contribution in [0.5, 0.6) is 0 Å². The van der Waals surface area contributed by atoms with Gasteiger partial charge in [-0.05, 0) is 89.8 Å². The summed E-state index contributed by atoms with van der Waals surface area (Å²) in [6.45, 7) is 0. The lowest BCUT2D eigenvalue weighted by atomic mass is 9.67. The number of halogens is 2. The number of hydrogen-bond donors (Lipinski definition) is 2. The second kappa shape index (κ2) is 8.78. The molecule has 0 atom stereocenters. The third-order valence-corrected chi connectivity index (χ3v) is 6.75. The zero-order valence-corrected chi connectivity index (χ0v) is 21.8. The molecule has 4 aromatic rings. The molecule has 0 aliphatic heterocycles. The van der Waals surface area contributed by atoms with Gasteiger partial charge in [0.1, 0.15) is 0 Å². The Morgan fingerprint density at radius 3 is 1.30 bits per heavy atom. The van der Waals surface area contributed by atoms with Crippen LogP contribution in [0, 0.1) is 19.7 Å². The molecule has 4 heteroatoms. The van der Waals surface area contributed by atoms with Crippen molar-refractivity contribution in [3.05, 3.63) is 118 Å². The molecule has 1 aliphatic carbocycles. The standard InChI is InChI=1S/C29H18I2N2/c30-15-13-19-1-11-25-26-12-2-20(14-16-31)18-28(26)29(27(25)17-19,21-3-7-23(32)8-4-21)22-5-9-24(33)10-6-22/h1-12,17-18H,32-33H2. The average Bonchev–Trinajstić information content (AvgIpc) is 3.10. The van der Waals surface area contributed by atoms with Gasteiger partial charge in [0.2, 0.25) is 0 Å². The Morgan fingerprint density at radius 2 is 0.939 bits per heavy atom. The molecule has 4 N–H and O–H groups in total. The minimum absolute atomic E-state index is 0.544. The summed E-state index contributed by atoms with van der Waals surface area (Å²) in [7, 11) is 0. The largest absolute Gasteiger partial charge is 0.399 e. The Labute approximate surface area is 221 Å². The highest BCUT2D eigenvalue weighted by Crippen LogP contribution is 2.56. The molecule has 2 nitrogen and oxygen atoms in total. The zero-order valence-electron chi connectivity index (χ0n) is 17.5. The number of nitrogen functional groups attached to an aromatic ring is 2. The Balaban J connectivity index is 1.96. The lowest BCUT2D eigenvalue weighted by Gasteiger charge is -2.34. The Morgan fingerprint density at radius 1 is 0.545 bits per heavy atom. The van der Waals surface area contributed by atoms with Crippen molar-refractivity contribution < 1.29 is 0 Å². The van der Waals surface area contributed by atoms with E-state index in [1.165, 1.54) is 22.3 Å². The predicted octanol–water partition coefficient (Wildman–Crippen LogP) is 6.70. The van der Waals surface area contributed by atoms with Crippen LogP contribution in [-0.4, -0.2) is 0 Å². The van der Waals surface area contributed by atoms with Crippen LogP contribution in [-0.2, 0) is 5.41 Å². The summed E-state index contributed by atoms with van der Waals surface area (Å²) in [4.78, 5) is 0. The van der Waals surface area contributed by atoms with Gasteiger partial charge in [0.25, 0.3) is 0 Å². The zero-order chi connectivity index (χ0) is 23.0. The lowest BCUT2D eigenvalue weighted by molar-refractivity contribution is 0.768. The van der Waals surface area contributed by atoms with E-state index in [1.807, 2.05) is 24.3 Å². The topological polar surface area (TPSA) is 52.0 Å². The molecule has 33 heavy (non-hydrogen) atoms. The summed E-state index contributed by atoms with van der Waals surface area (Å²) in [5.41, 5.74) is 22.1. The van der Waals surface area contributed by atoms with E-state index in [0.29, 0.717) is 0 Å². The highest BCUT2D eigenvalue weighted by Gasteiger charge is 2.46. The molecule has 1 aliphatic rings. The maximum atomic E-state index is 6.09. The number of hydrogen-bond acceptors (Lipinski definition) is 2. The van der Waals surface area contributed by atoms with Crippen molar-refractivity contribution in [2.75, 3.05) is 11.5 Å². The fraction of sp³-hybridized carbons (Fsp3) is 0.0345. The molecule has 0 bridgehead atoms. The molecule has 158 valence electrons. The van der Waals surface area contributed by atoms with E-state index >= 15 is 0 Å². The van der Waals surface area contributed by atoms with E-state index < -0.39 is 5.41 Å². The van der Waals surface area contributed by atoms with Gasteiger partial charge in [-0.3, -0.25) is 0 Å². The van der Waals surface area contributed by atoms with Gasteiger partial charge in [0, 0.05) is 67.7 Å². The Kier molecular flexibility index (Phi) is 5.82. The van der Waals surface area contributed by atoms with Crippen LogP contribution < -0.4 is 11.5 Å². The molecule has 5 rings (SSSR count). The van der Waals surface area contributed by atoms with E-state index in [2.05, 4.69) is 126 Å². The minimum Gasteiger partial charge on any atom is -0.399 e. The van der Waals surface area contributed by atoms with Gasteiger partial charge in [0.15, 0.2) is 0 Å². The molecule has 0 heterocycles. The lowest BCUT2D eigenvalue weighted by Crippen LogP contribution is -2.28. The Bertz CT molecular complexity index is 1380. The quantitative estimate of drug-likeness (QED) is 0.127. The average molecular weight is 648 g/mol. The molecule has 0 radical (unpaired) electrons. The molecule has 0 unspecified atom stereocenters. The molecule has 4 aromatic carbocycles. The summed E-state index contributed by atoms with van der Waals surface area (Å²) in [6.07, 6.45) is 0. The van der Waals surface area contributed by atoms with Crippen LogP contribution in [0.1, 0.15) is 33.4 Å². The van der Waals surface area contributed by atoms with Gasteiger partial charge >= 0.3 is 0 Å². The number of anilines is 2. The molecule has 0 spiro atoms. The van der Waals surface area contributed by atoms with Crippen LogP contribution >= 0.6 is 45.2 Å². The first kappa shape index (κ1) is 21.9. The van der Waals surface area contributed by atoms with Crippen molar-refractivity contribution in [2.24, 2.45) is 0 Å². The van der Waals surface area contributed by atoms with E-state index in [4.69, 9.17) is 11.5 Å². The number of benzene rings is 4. The maximum Gasteiger partial charge on any atom is 0.0714 e. The maximum absolute atomic E-state index is 6.09. The second-order valence-corrected chi connectivity index (χ2v) is 9.03. The monoisotopic (exact) mass is 648 g/mol. The normalized spacial score (nSPS) is 12.5. The molecular weight excluding hydrogens is 630 g/mol. The highest BCUT2D eigenvalue weighted by atomic mass is 127. The van der Waals surface area contributed by atoms with Crippen molar-refractivity contribution in [3.63, 3.8) is 0 Å². The summed E-state index contributed by atoms with van der Waals surface area (Å²) < 4.78 is 6.02. The molecule has 0 saturated heterocycles. The van der Waals surface area contributed by atoms with E-state index in [-0.39, 0.29) is 0 Å². The highest BCUT2D eigenvalue weighted by molar-refractivity contribution is 14.1. The van der Waals surface area contributed by atoms with Gasteiger partial charge in [-0.25, -0.2) is 0 Å². The Hall–Kier alpha value is -2.94. The van der Waals surface area contributed by atoms with Gasteiger partial charge in [0.05, 0.1) is 5.41 Å². The predicted molar refractivity (Wildman–Crippen MR) is 154 cm³/mol. The summed E-state index contributed by atoms with van der Waals surface area (Å²) in [6, 6.07) is 29.4. The SMILES string of the molecule is Nc1ccc(C2(c3ccc(N)cc3)c3cc(C#CI)ccc3-c3ccc(C#CI)cc32)cc1. The van der Waals surface area contributed by atoms with Crippen LogP contribution in [0.3, 0.4) is 0 Å². The van der Waals surface area contributed by atoms with Gasteiger partial charge < -0.3 is 11.5 Å². The smallest absolute Gasteiger partial charge is 0.0714 e. The van der Waals surface area contributed by atoms with E-state index in [0.717, 1.165) is 33.6 Å². The summed E-state index contributed by atoms with van der Waals surface area (Å²) in [5.74, 6) is 6.46. The molecular formula is C29H18I2N2. The fourth-order valence-corrected chi connectivity index (χ4v) is 5.47. The number of nitrogens with two attached hydrogens (primary N) is 2. The third kappa shape index (κ3) is 3.58. The van der Waals surface area contributed by atoms with E-state index in [9.17, 15) is 0 Å². The number of rotatable bonds is 2. The first-order chi connectivity index (χ1) is 16.1. The second-order valence-electron chi connectivity index (χ2n) is 7.95. The molecule has 0 amide bonds. The molecule has 0 fully saturated rings. The first-order valence-electron chi connectivity index (χ1n) is 10.3. The van der Waals surface area contributed by atoms with Crippen LogP contribution in [0.4, 0.5) is 11.4 Å². The molecule has 0 aromatic heterocycles. The number of fused-ring (bicyclic) bond motifs is 3. The van der Waals surface area contributed by atoms with Crippen molar-refractivity contribution in [2.45, 2.75) is 5.41 Å².